The van der Waals surface area contributed by atoms with E-state index in [4.69, 9.17) is 0 Å². The Kier molecular flexibility index (Phi) is 6.72. The van der Waals surface area contributed by atoms with Crippen molar-refractivity contribution in [1.29, 1.82) is 0 Å². The van der Waals surface area contributed by atoms with Gasteiger partial charge in [-0.25, -0.2) is 0 Å². The van der Waals surface area contributed by atoms with Crippen molar-refractivity contribution in [2.45, 2.75) is 38.1 Å². The van der Waals surface area contributed by atoms with Gasteiger partial charge in [0, 0.05) is 51.0 Å². The molecule has 6 heteroatoms. The van der Waals surface area contributed by atoms with E-state index >= 15 is 0 Å². The summed E-state index contributed by atoms with van der Waals surface area (Å²) in [5.74, 6) is 1.58. The quantitative estimate of drug-likeness (QED) is 0.707. The van der Waals surface area contributed by atoms with Gasteiger partial charge in [-0.1, -0.05) is 43.2 Å². The van der Waals surface area contributed by atoms with Crippen LogP contribution in [0.25, 0.3) is 0 Å². The van der Waals surface area contributed by atoms with Crippen molar-refractivity contribution >= 4 is 11.8 Å². The van der Waals surface area contributed by atoms with Crippen molar-refractivity contribution in [3.63, 3.8) is 0 Å². The highest BCUT2D eigenvalue weighted by Crippen LogP contribution is 2.33. The molecule has 1 saturated carbocycles. The first kappa shape index (κ1) is 22.1. The third kappa shape index (κ3) is 5.11. The molecule has 2 aliphatic heterocycles. The molecular weight excluding hydrogens is 412 g/mol. The molecule has 33 heavy (non-hydrogen) atoms. The third-order valence-corrected chi connectivity index (χ3v) is 7.74. The molecule has 1 aromatic heterocycles. The normalized spacial score (nSPS) is 24.1. The number of amides is 2. The minimum atomic E-state index is 0.0587. The molecule has 6 nitrogen and oxygen atoms in total. The van der Waals surface area contributed by atoms with Gasteiger partial charge in [-0.3, -0.25) is 14.6 Å². The molecule has 3 fully saturated rings. The molecule has 0 spiro atoms. The summed E-state index contributed by atoms with van der Waals surface area (Å²) in [5.41, 5.74) is 1.87. The summed E-state index contributed by atoms with van der Waals surface area (Å²) >= 11 is 0. The Morgan fingerprint density at radius 1 is 0.970 bits per heavy atom. The molecule has 1 aliphatic carbocycles. The summed E-state index contributed by atoms with van der Waals surface area (Å²) in [4.78, 5) is 34.2. The van der Waals surface area contributed by atoms with E-state index in [1.54, 1.807) is 12.4 Å². The van der Waals surface area contributed by atoms with Crippen molar-refractivity contribution in [3.05, 3.63) is 66.0 Å². The van der Waals surface area contributed by atoms with E-state index in [0.29, 0.717) is 17.4 Å². The van der Waals surface area contributed by atoms with Gasteiger partial charge in [0.1, 0.15) is 0 Å². The van der Waals surface area contributed by atoms with E-state index in [1.165, 1.54) is 18.4 Å². The number of pyridine rings is 1. The lowest BCUT2D eigenvalue weighted by atomic mass is 10.0. The average Bonchev–Trinajstić information content (AvgIpc) is 3.59. The Hall–Kier alpha value is -2.73. The van der Waals surface area contributed by atoms with E-state index in [-0.39, 0.29) is 23.8 Å². The van der Waals surface area contributed by atoms with Crippen LogP contribution in [-0.2, 0) is 4.79 Å². The van der Waals surface area contributed by atoms with E-state index in [9.17, 15) is 9.59 Å². The lowest BCUT2D eigenvalue weighted by Crippen LogP contribution is -2.36. The van der Waals surface area contributed by atoms with E-state index in [0.717, 1.165) is 52.0 Å². The Morgan fingerprint density at radius 3 is 2.36 bits per heavy atom. The summed E-state index contributed by atoms with van der Waals surface area (Å²) in [6.45, 7) is 4.68. The summed E-state index contributed by atoms with van der Waals surface area (Å²) < 4.78 is 0. The van der Waals surface area contributed by atoms with Crippen LogP contribution < -0.4 is 5.32 Å². The molecule has 2 unspecified atom stereocenters. The summed E-state index contributed by atoms with van der Waals surface area (Å²) in [6, 6.07) is 14.1. The second kappa shape index (κ2) is 10.0. The van der Waals surface area contributed by atoms with Gasteiger partial charge in [0.05, 0.1) is 11.6 Å². The number of fused-ring (bicyclic) bond motifs is 1. The number of nitrogens with zero attached hydrogens (tertiary/aromatic N) is 3. The number of aromatic nitrogens is 1. The van der Waals surface area contributed by atoms with Gasteiger partial charge < -0.3 is 15.1 Å². The van der Waals surface area contributed by atoms with Gasteiger partial charge in [-0.15, -0.1) is 0 Å². The fourth-order valence-corrected chi connectivity index (χ4v) is 5.91. The number of hydrogen-bond acceptors (Lipinski definition) is 4. The minimum Gasteiger partial charge on any atom is -0.349 e. The van der Waals surface area contributed by atoms with Crippen LogP contribution in [0.3, 0.4) is 0 Å². The van der Waals surface area contributed by atoms with Crippen molar-refractivity contribution in [2.24, 2.45) is 17.8 Å². The van der Waals surface area contributed by atoms with Crippen LogP contribution in [0.15, 0.2) is 54.9 Å². The van der Waals surface area contributed by atoms with Crippen LogP contribution in [0.2, 0.25) is 0 Å². The van der Waals surface area contributed by atoms with Crippen LogP contribution in [0, 0.1) is 17.8 Å². The largest absolute Gasteiger partial charge is 0.349 e. The summed E-state index contributed by atoms with van der Waals surface area (Å²) in [7, 11) is 0. The Bertz CT molecular complexity index is 931. The molecule has 0 bridgehead atoms. The van der Waals surface area contributed by atoms with Gasteiger partial charge in [0.25, 0.3) is 5.91 Å². The number of carbonyl (C=O) groups excluding carboxylic acids is 2. The molecule has 3 heterocycles. The number of hydrogen-bond donors (Lipinski definition) is 1. The Labute approximate surface area is 196 Å². The highest BCUT2D eigenvalue weighted by molar-refractivity contribution is 5.94. The van der Waals surface area contributed by atoms with Crippen molar-refractivity contribution in [2.75, 3.05) is 32.7 Å². The molecule has 1 aromatic carbocycles. The number of rotatable bonds is 7. The summed E-state index contributed by atoms with van der Waals surface area (Å²) in [5, 5.41) is 3.37. The van der Waals surface area contributed by atoms with Crippen LogP contribution in [0.1, 0.15) is 54.1 Å². The topological polar surface area (TPSA) is 65.5 Å². The first-order valence-electron chi connectivity index (χ1n) is 12.4. The predicted molar refractivity (Wildman–Crippen MR) is 127 cm³/mol. The summed E-state index contributed by atoms with van der Waals surface area (Å²) in [6.07, 6.45) is 8.67. The first-order chi connectivity index (χ1) is 16.2. The number of benzene rings is 1. The molecule has 2 aromatic rings. The minimum absolute atomic E-state index is 0.0587. The molecule has 3 atom stereocenters. The number of carbonyl (C=O) groups is 2. The zero-order valence-electron chi connectivity index (χ0n) is 19.2. The average molecular weight is 447 g/mol. The molecule has 1 N–H and O–H groups in total. The van der Waals surface area contributed by atoms with Crippen LogP contribution >= 0.6 is 0 Å². The fourth-order valence-electron chi connectivity index (χ4n) is 5.91. The zero-order chi connectivity index (χ0) is 22.6. The van der Waals surface area contributed by atoms with Gasteiger partial charge >= 0.3 is 0 Å². The maximum Gasteiger partial charge on any atom is 0.255 e. The van der Waals surface area contributed by atoms with Crippen molar-refractivity contribution in [3.8, 4) is 0 Å². The second-order valence-electron chi connectivity index (χ2n) is 9.97. The molecular formula is C27H34N4O2. The number of likely N-dealkylation sites (tertiary alicyclic amines) is 2. The van der Waals surface area contributed by atoms with E-state index < -0.39 is 0 Å². The van der Waals surface area contributed by atoms with Crippen molar-refractivity contribution < 1.29 is 9.59 Å². The Balaban J connectivity index is 1.15. The smallest absolute Gasteiger partial charge is 0.255 e. The molecule has 2 amide bonds. The molecule has 0 radical (unpaired) electrons. The van der Waals surface area contributed by atoms with Gasteiger partial charge in [-0.05, 0) is 48.8 Å². The number of nitrogens with one attached hydrogen (secondary N) is 1. The molecule has 174 valence electrons. The van der Waals surface area contributed by atoms with Gasteiger partial charge in [0.15, 0.2) is 0 Å². The van der Waals surface area contributed by atoms with E-state index in [2.05, 4.69) is 39.5 Å². The SMILES string of the molecule is O=C(N[C@@H](CCN1CC2CN(C(=O)c3cccnc3)CC2C1)c1ccccc1)C1CCCC1. The van der Waals surface area contributed by atoms with Crippen molar-refractivity contribution in [1.82, 2.24) is 20.1 Å². The Morgan fingerprint density at radius 2 is 1.70 bits per heavy atom. The third-order valence-electron chi connectivity index (χ3n) is 7.74. The maximum atomic E-state index is 12.8. The highest BCUT2D eigenvalue weighted by atomic mass is 16.2. The first-order valence-corrected chi connectivity index (χ1v) is 12.4. The van der Waals surface area contributed by atoms with Gasteiger partial charge in [-0.2, -0.15) is 0 Å². The lowest BCUT2D eigenvalue weighted by molar-refractivity contribution is -0.125. The lowest BCUT2D eigenvalue weighted by Gasteiger charge is -2.25. The van der Waals surface area contributed by atoms with Crippen LogP contribution in [0.5, 0.6) is 0 Å². The standard InChI is InChI=1S/C27H34N4O2/c32-26(21-9-4-5-10-21)29-25(20-7-2-1-3-8-20)12-14-30-16-23-18-31(19-24(23)17-30)27(33)22-11-6-13-28-15-22/h1-3,6-8,11,13,15,21,23-25H,4-5,9-10,12,14,16-19H2,(H,29,32)/t23?,24?,25-/m0/s1. The molecule has 5 rings (SSSR count). The fraction of sp³-hybridized carbons (Fsp3) is 0.519. The second-order valence-corrected chi connectivity index (χ2v) is 9.97. The maximum absolute atomic E-state index is 12.8. The van der Waals surface area contributed by atoms with Gasteiger partial charge in [0.2, 0.25) is 5.91 Å². The molecule has 2 saturated heterocycles. The van der Waals surface area contributed by atoms with Crippen LogP contribution in [0.4, 0.5) is 0 Å². The highest BCUT2D eigenvalue weighted by Gasteiger charge is 2.41. The molecule has 3 aliphatic rings. The van der Waals surface area contributed by atoms with Crippen LogP contribution in [-0.4, -0.2) is 59.3 Å². The zero-order valence-corrected chi connectivity index (χ0v) is 19.2. The predicted octanol–water partition coefficient (Wildman–Crippen LogP) is 3.52. The van der Waals surface area contributed by atoms with E-state index in [1.807, 2.05) is 23.1 Å². The monoisotopic (exact) mass is 446 g/mol.